The predicted molar refractivity (Wildman–Crippen MR) is 57.3 cm³/mol. The number of anilines is 1. The number of rotatable bonds is 5. The number of carbonyl (C=O) groups is 1. The summed E-state index contributed by atoms with van der Waals surface area (Å²) in [4.78, 5) is 12.4. The summed E-state index contributed by atoms with van der Waals surface area (Å²) in [5.74, 6) is 0.529. The van der Waals surface area contributed by atoms with Crippen LogP contribution in [0.5, 0.6) is 0 Å². The molecule has 0 saturated carbocycles. The van der Waals surface area contributed by atoms with Gasteiger partial charge in [0.1, 0.15) is 0 Å². The second-order valence-corrected chi connectivity index (χ2v) is 3.84. The van der Waals surface area contributed by atoms with Crippen LogP contribution < -0.4 is 4.90 Å². The summed E-state index contributed by atoms with van der Waals surface area (Å²) in [6.07, 6.45) is 2.03. The Bertz CT molecular complexity index is 311. The van der Waals surface area contributed by atoms with Crippen molar-refractivity contribution >= 4 is 23.6 Å². The molecule has 78 valence electrons. The molecule has 0 aliphatic rings. The molecule has 1 aromatic heterocycles. The second kappa shape index (κ2) is 4.95. The van der Waals surface area contributed by atoms with Gasteiger partial charge in [0, 0.05) is 25.4 Å². The monoisotopic (exact) mass is 215 g/mol. The molecule has 14 heavy (non-hydrogen) atoms. The summed E-state index contributed by atoms with van der Waals surface area (Å²) < 4.78 is 5.12. The highest BCUT2D eigenvalue weighted by atomic mass is 32.2. The first-order chi connectivity index (χ1) is 6.65. The van der Waals surface area contributed by atoms with Gasteiger partial charge in [-0.15, -0.1) is 0 Å². The Morgan fingerprint density at radius 2 is 2.36 bits per heavy atom. The van der Waals surface area contributed by atoms with Crippen molar-refractivity contribution in [2.24, 2.45) is 0 Å². The largest absolute Gasteiger partial charge is 0.475 e. The zero-order valence-corrected chi connectivity index (χ0v) is 9.00. The van der Waals surface area contributed by atoms with Gasteiger partial charge in [-0.05, 0) is 12.3 Å². The predicted octanol–water partition coefficient (Wildman–Crippen LogP) is 1.78. The van der Waals surface area contributed by atoms with Crippen LogP contribution in [0.1, 0.15) is 10.6 Å². The summed E-state index contributed by atoms with van der Waals surface area (Å²) in [5, 5.41) is 8.64. The molecule has 0 amide bonds. The van der Waals surface area contributed by atoms with Gasteiger partial charge in [0.2, 0.25) is 5.76 Å². The molecule has 0 spiro atoms. The van der Waals surface area contributed by atoms with Crippen molar-refractivity contribution in [2.45, 2.75) is 0 Å². The summed E-state index contributed by atoms with van der Waals surface area (Å²) in [5.41, 5.74) is 0. The molecule has 4 nitrogen and oxygen atoms in total. The number of hydrogen-bond donors (Lipinski definition) is 1. The van der Waals surface area contributed by atoms with Crippen molar-refractivity contribution in [3.63, 3.8) is 0 Å². The molecular formula is C9H13NO3S. The Morgan fingerprint density at radius 3 is 2.86 bits per heavy atom. The lowest BCUT2D eigenvalue weighted by Crippen LogP contribution is -2.19. The second-order valence-electron chi connectivity index (χ2n) is 2.86. The number of hydrogen-bond acceptors (Lipinski definition) is 4. The first-order valence-corrected chi connectivity index (χ1v) is 5.57. The summed E-state index contributed by atoms with van der Waals surface area (Å²) >= 11 is 1.74. The van der Waals surface area contributed by atoms with E-state index < -0.39 is 5.97 Å². The zero-order chi connectivity index (χ0) is 10.6. The third kappa shape index (κ3) is 2.70. The van der Waals surface area contributed by atoms with E-state index in [0.717, 1.165) is 12.3 Å². The number of furan rings is 1. The van der Waals surface area contributed by atoms with Crippen molar-refractivity contribution < 1.29 is 14.3 Å². The van der Waals surface area contributed by atoms with Gasteiger partial charge in [0.25, 0.3) is 0 Å². The summed E-state index contributed by atoms with van der Waals surface area (Å²) in [6.45, 7) is 0.841. The third-order valence-corrected chi connectivity index (χ3v) is 2.40. The first-order valence-electron chi connectivity index (χ1n) is 4.18. The van der Waals surface area contributed by atoms with E-state index in [1.54, 1.807) is 17.8 Å². The topological polar surface area (TPSA) is 53.7 Å². The number of carboxylic acid groups (broad SMARTS) is 1. The van der Waals surface area contributed by atoms with Crippen LogP contribution in [0.25, 0.3) is 0 Å². The first kappa shape index (κ1) is 11.0. The standard InChI is InChI=1S/C9H13NO3S/c1-10(5-6-14-2)8-4-3-7(13-8)9(11)12/h3-4H,5-6H2,1-2H3,(H,11,12). The van der Waals surface area contributed by atoms with Gasteiger partial charge < -0.3 is 14.4 Å². The highest BCUT2D eigenvalue weighted by Crippen LogP contribution is 2.17. The minimum Gasteiger partial charge on any atom is -0.475 e. The van der Waals surface area contributed by atoms with Crippen LogP contribution in [0.15, 0.2) is 16.5 Å². The number of thioether (sulfide) groups is 1. The maximum absolute atomic E-state index is 10.5. The van der Waals surface area contributed by atoms with E-state index in [0.29, 0.717) is 5.88 Å². The van der Waals surface area contributed by atoms with Crippen LogP contribution >= 0.6 is 11.8 Å². The van der Waals surface area contributed by atoms with Gasteiger partial charge in [0.05, 0.1) is 0 Å². The molecule has 0 aromatic carbocycles. The molecule has 5 heteroatoms. The van der Waals surface area contributed by atoms with E-state index in [1.165, 1.54) is 6.07 Å². The van der Waals surface area contributed by atoms with Crippen LogP contribution in [0, 0.1) is 0 Å². The van der Waals surface area contributed by atoms with Crippen LogP contribution in [-0.2, 0) is 0 Å². The average Bonchev–Trinajstić information content (AvgIpc) is 2.62. The number of nitrogens with zero attached hydrogens (tertiary/aromatic N) is 1. The Hall–Kier alpha value is -1.10. The number of aromatic carboxylic acids is 1. The lowest BCUT2D eigenvalue weighted by atomic mass is 10.4. The fraction of sp³-hybridized carbons (Fsp3) is 0.444. The van der Waals surface area contributed by atoms with Gasteiger partial charge in [-0.3, -0.25) is 0 Å². The smallest absolute Gasteiger partial charge is 0.371 e. The molecule has 1 heterocycles. The van der Waals surface area contributed by atoms with Gasteiger partial charge in [-0.25, -0.2) is 4.79 Å². The maximum atomic E-state index is 10.5. The van der Waals surface area contributed by atoms with Crippen molar-refractivity contribution in [3.05, 3.63) is 17.9 Å². The average molecular weight is 215 g/mol. The van der Waals surface area contributed by atoms with E-state index in [2.05, 4.69) is 0 Å². The minimum atomic E-state index is -1.03. The van der Waals surface area contributed by atoms with Crippen molar-refractivity contribution in [1.82, 2.24) is 0 Å². The van der Waals surface area contributed by atoms with Crippen molar-refractivity contribution in [1.29, 1.82) is 0 Å². The molecule has 0 radical (unpaired) electrons. The lowest BCUT2D eigenvalue weighted by molar-refractivity contribution is 0.0663. The summed E-state index contributed by atoms with van der Waals surface area (Å²) in [6, 6.07) is 3.14. The van der Waals surface area contributed by atoms with E-state index >= 15 is 0 Å². The zero-order valence-electron chi connectivity index (χ0n) is 8.19. The Labute approximate surface area is 86.9 Å². The SMILES string of the molecule is CSCCN(C)c1ccc(C(=O)O)o1. The molecule has 0 aliphatic carbocycles. The van der Waals surface area contributed by atoms with Crippen molar-refractivity contribution in [2.75, 3.05) is 30.5 Å². The Morgan fingerprint density at radius 1 is 1.64 bits per heavy atom. The van der Waals surface area contributed by atoms with Gasteiger partial charge in [-0.1, -0.05) is 0 Å². The fourth-order valence-corrected chi connectivity index (χ4v) is 1.44. The van der Waals surface area contributed by atoms with Gasteiger partial charge in [0.15, 0.2) is 5.88 Å². The van der Waals surface area contributed by atoms with E-state index in [9.17, 15) is 4.79 Å². The summed E-state index contributed by atoms with van der Waals surface area (Å²) in [7, 11) is 1.88. The van der Waals surface area contributed by atoms with Crippen LogP contribution in [-0.4, -0.2) is 36.7 Å². The molecule has 0 atom stereocenters. The van der Waals surface area contributed by atoms with Crippen LogP contribution in [0.2, 0.25) is 0 Å². The number of carboxylic acids is 1. The molecular weight excluding hydrogens is 202 g/mol. The molecule has 0 saturated heterocycles. The maximum Gasteiger partial charge on any atom is 0.371 e. The third-order valence-electron chi connectivity index (χ3n) is 1.81. The minimum absolute atomic E-state index is 0.0176. The Kier molecular flexibility index (Phi) is 3.88. The molecule has 0 unspecified atom stereocenters. The van der Waals surface area contributed by atoms with Crippen molar-refractivity contribution in [3.8, 4) is 0 Å². The van der Waals surface area contributed by atoms with Gasteiger partial charge >= 0.3 is 5.97 Å². The molecule has 0 aliphatic heterocycles. The van der Waals surface area contributed by atoms with Gasteiger partial charge in [-0.2, -0.15) is 11.8 Å². The molecule has 1 N–H and O–H groups in total. The lowest BCUT2D eigenvalue weighted by Gasteiger charge is -2.14. The molecule has 0 fully saturated rings. The molecule has 1 rings (SSSR count). The highest BCUT2D eigenvalue weighted by molar-refractivity contribution is 7.98. The fourth-order valence-electron chi connectivity index (χ4n) is 0.986. The van der Waals surface area contributed by atoms with Crippen LogP contribution in [0.3, 0.4) is 0 Å². The van der Waals surface area contributed by atoms with Crippen LogP contribution in [0.4, 0.5) is 5.88 Å². The molecule has 0 bridgehead atoms. The quantitative estimate of drug-likeness (QED) is 0.811. The molecule has 1 aromatic rings. The van der Waals surface area contributed by atoms with E-state index in [4.69, 9.17) is 9.52 Å². The van der Waals surface area contributed by atoms with E-state index in [1.807, 2.05) is 18.2 Å². The van der Waals surface area contributed by atoms with E-state index in [-0.39, 0.29) is 5.76 Å². The normalized spacial score (nSPS) is 10.1. The Balaban J connectivity index is 2.61. The highest BCUT2D eigenvalue weighted by Gasteiger charge is 2.11.